The van der Waals surface area contributed by atoms with Crippen LogP contribution in [0.5, 0.6) is 0 Å². The van der Waals surface area contributed by atoms with Crippen LogP contribution in [0.3, 0.4) is 0 Å². The Hall–Kier alpha value is -0.120. The second kappa shape index (κ2) is 4.40. The number of hydrogen-bond acceptors (Lipinski definition) is 3. The summed E-state index contributed by atoms with van der Waals surface area (Å²) in [6, 6.07) is 0. The van der Waals surface area contributed by atoms with Crippen LogP contribution in [0.2, 0.25) is 0 Å². The molecule has 1 saturated carbocycles. The van der Waals surface area contributed by atoms with Gasteiger partial charge in [0.05, 0.1) is 12.7 Å². The summed E-state index contributed by atoms with van der Waals surface area (Å²) in [5.74, 6) is 0.629. The molecule has 2 rings (SSSR count). The van der Waals surface area contributed by atoms with Crippen LogP contribution in [-0.4, -0.2) is 49.5 Å². The summed E-state index contributed by atoms with van der Waals surface area (Å²) in [6.45, 7) is 5.73. The molecule has 1 aliphatic carbocycles. The molecule has 2 aliphatic rings. The summed E-state index contributed by atoms with van der Waals surface area (Å²) in [7, 11) is 1.80. The van der Waals surface area contributed by atoms with E-state index in [0.717, 1.165) is 26.1 Å². The molecule has 1 N–H and O–H groups in total. The van der Waals surface area contributed by atoms with Gasteiger partial charge in [0.25, 0.3) is 0 Å². The van der Waals surface area contributed by atoms with Gasteiger partial charge in [-0.2, -0.15) is 0 Å². The maximum atomic E-state index is 9.70. The van der Waals surface area contributed by atoms with Gasteiger partial charge in [-0.05, 0) is 25.3 Å². The third-order valence-electron chi connectivity index (χ3n) is 4.33. The van der Waals surface area contributed by atoms with Gasteiger partial charge >= 0.3 is 0 Å². The topological polar surface area (TPSA) is 32.7 Å². The molecule has 0 aromatic carbocycles. The van der Waals surface area contributed by atoms with Gasteiger partial charge in [0.1, 0.15) is 0 Å². The third kappa shape index (κ3) is 1.81. The van der Waals surface area contributed by atoms with Crippen LogP contribution in [0.25, 0.3) is 0 Å². The van der Waals surface area contributed by atoms with Crippen LogP contribution in [0, 0.1) is 11.3 Å². The minimum absolute atomic E-state index is 0.0198. The fraction of sp³-hybridized carbons (Fsp3) is 1.00. The van der Waals surface area contributed by atoms with Gasteiger partial charge in [0, 0.05) is 25.6 Å². The number of nitrogens with zero attached hydrogens (tertiary/aromatic N) is 1. The number of likely N-dealkylation sites (tertiary alicyclic amines) is 1. The summed E-state index contributed by atoms with van der Waals surface area (Å²) in [5.41, 5.74) is 0.0198. The molecule has 15 heavy (non-hydrogen) atoms. The summed E-state index contributed by atoms with van der Waals surface area (Å²) in [5, 5.41) is 9.70. The normalized spacial score (nSPS) is 41.8. The smallest absolute Gasteiger partial charge is 0.0702 e. The molecule has 2 fully saturated rings. The molecular formula is C12H23NO2. The van der Waals surface area contributed by atoms with Gasteiger partial charge in [0.2, 0.25) is 0 Å². The van der Waals surface area contributed by atoms with E-state index >= 15 is 0 Å². The number of ether oxygens (including phenoxy) is 1. The first kappa shape index (κ1) is 11.4. The highest BCUT2D eigenvalue weighted by Crippen LogP contribution is 2.45. The first-order valence-corrected chi connectivity index (χ1v) is 6.12. The van der Waals surface area contributed by atoms with Crippen molar-refractivity contribution in [3.63, 3.8) is 0 Å². The first-order valence-electron chi connectivity index (χ1n) is 6.12. The van der Waals surface area contributed by atoms with Crippen molar-refractivity contribution in [3.8, 4) is 0 Å². The Bertz CT molecular complexity index is 222. The van der Waals surface area contributed by atoms with Crippen molar-refractivity contribution < 1.29 is 9.84 Å². The molecule has 1 aliphatic heterocycles. The van der Waals surface area contributed by atoms with Crippen LogP contribution in [0.4, 0.5) is 0 Å². The van der Waals surface area contributed by atoms with Crippen LogP contribution in [-0.2, 0) is 4.74 Å². The predicted molar refractivity (Wildman–Crippen MR) is 59.8 cm³/mol. The molecule has 88 valence electrons. The van der Waals surface area contributed by atoms with E-state index in [9.17, 15) is 5.11 Å². The highest BCUT2D eigenvalue weighted by molar-refractivity contribution is 5.01. The van der Waals surface area contributed by atoms with E-state index in [0.29, 0.717) is 5.92 Å². The van der Waals surface area contributed by atoms with Crippen molar-refractivity contribution >= 4 is 0 Å². The summed E-state index contributed by atoms with van der Waals surface area (Å²) >= 11 is 0. The van der Waals surface area contributed by atoms with Crippen LogP contribution < -0.4 is 0 Å². The molecule has 0 unspecified atom stereocenters. The summed E-state index contributed by atoms with van der Waals surface area (Å²) in [4.78, 5) is 2.47. The number of fused-ring (bicyclic) bond motifs is 2. The minimum atomic E-state index is 0.0198. The van der Waals surface area contributed by atoms with Gasteiger partial charge in [0.15, 0.2) is 0 Å². The van der Waals surface area contributed by atoms with E-state index in [-0.39, 0.29) is 18.1 Å². The zero-order valence-electron chi connectivity index (χ0n) is 9.91. The zero-order chi connectivity index (χ0) is 10.9. The van der Waals surface area contributed by atoms with E-state index in [2.05, 4.69) is 11.8 Å². The highest BCUT2D eigenvalue weighted by Gasteiger charge is 2.50. The lowest BCUT2D eigenvalue weighted by atomic mass is 9.64. The summed E-state index contributed by atoms with van der Waals surface area (Å²) < 4.78 is 5.66. The monoisotopic (exact) mass is 213 g/mol. The van der Waals surface area contributed by atoms with Crippen LogP contribution in [0.1, 0.15) is 26.2 Å². The van der Waals surface area contributed by atoms with Crippen molar-refractivity contribution in [1.82, 2.24) is 4.90 Å². The van der Waals surface area contributed by atoms with E-state index in [4.69, 9.17) is 4.74 Å². The molecule has 3 heteroatoms. The first-order chi connectivity index (χ1) is 7.25. The van der Waals surface area contributed by atoms with E-state index in [1.807, 2.05) is 0 Å². The van der Waals surface area contributed by atoms with Crippen LogP contribution >= 0.6 is 0 Å². The fourth-order valence-corrected chi connectivity index (χ4v) is 3.61. The van der Waals surface area contributed by atoms with E-state index < -0.39 is 0 Å². The second-order valence-electron chi connectivity index (χ2n) is 5.16. The molecule has 1 saturated heterocycles. The van der Waals surface area contributed by atoms with Gasteiger partial charge in [-0.15, -0.1) is 0 Å². The largest absolute Gasteiger partial charge is 0.396 e. The molecule has 0 aromatic rings. The predicted octanol–water partition coefficient (Wildman–Crippen LogP) is 1.12. The Morgan fingerprint density at radius 3 is 2.93 bits per heavy atom. The van der Waals surface area contributed by atoms with Crippen molar-refractivity contribution in [1.29, 1.82) is 0 Å². The Labute approximate surface area is 92.4 Å². The lowest BCUT2D eigenvalue weighted by Crippen LogP contribution is -2.60. The molecular weight excluding hydrogens is 190 g/mol. The highest BCUT2D eigenvalue weighted by atomic mass is 16.5. The maximum absolute atomic E-state index is 9.70. The second-order valence-corrected chi connectivity index (χ2v) is 5.16. The molecule has 2 bridgehead atoms. The van der Waals surface area contributed by atoms with Gasteiger partial charge in [-0.25, -0.2) is 0 Å². The average molecular weight is 213 g/mol. The molecule has 3 nitrogen and oxygen atoms in total. The fourth-order valence-electron chi connectivity index (χ4n) is 3.61. The molecule has 0 spiro atoms. The Kier molecular flexibility index (Phi) is 3.33. The minimum Gasteiger partial charge on any atom is -0.396 e. The van der Waals surface area contributed by atoms with Crippen LogP contribution in [0.15, 0.2) is 0 Å². The number of aliphatic hydroxyl groups excluding tert-OH is 1. The van der Waals surface area contributed by atoms with Crippen molar-refractivity contribution in [2.24, 2.45) is 11.3 Å². The number of aliphatic hydroxyl groups is 1. The number of rotatable bonds is 3. The molecule has 0 aromatic heterocycles. The molecule has 3 atom stereocenters. The number of methoxy groups -OCH3 is 1. The molecule has 0 amide bonds. The number of hydrogen-bond donors (Lipinski definition) is 1. The third-order valence-corrected chi connectivity index (χ3v) is 4.33. The average Bonchev–Trinajstić information content (AvgIpc) is 2.27. The quantitative estimate of drug-likeness (QED) is 0.762. The van der Waals surface area contributed by atoms with Crippen molar-refractivity contribution in [2.75, 3.05) is 33.4 Å². The molecule has 1 heterocycles. The SMILES string of the molecule is CCN1C[C@H]2CCC[C@@](CO)(C1)[C@@H]2OC. The van der Waals surface area contributed by atoms with Gasteiger partial charge < -0.3 is 14.7 Å². The number of piperidine rings is 1. The van der Waals surface area contributed by atoms with E-state index in [1.165, 1.54) is 12.8 Å². The summed E-state index contributed by atoms with van der Waals surface area (Å²) in [6.07, 6.45) is 3.91. The maximum Gasteiger partial charge on any atom is 0.0702 e. The Balaban J connectivity index is 2.20. The lowest BCUT2D eigenvalue weighted by Gasteiger charge is -2.53. The Morgan fingerprint density at radius 2 is 2.33 bits per heavy atom. The van der Waals surface area contributed by atoms with Crippen molar-refractivity contribution in [3.05, 3.63) is 0 Å². The zero-order valence-corrected chi connectivity index (χ0v) is 9.91. The standard InChI is InChI=1S/C12H23NO2/c1-3-13-7-10-5-4-6-12(8-13,9-14)11(10)15-2/h10-11,14H,3-9H2,1-2H3/t10-,11-,12+/m1/s1. The Morgan fingerprint density at radius 1 is 1.53 bits per heavy atom. The van der Waals surface area contributed by atoms with Crippen molar-refractivity contribution in [2.45, 2.75) is 32.3 Å². The van der Waals surface area contributed by atoms with Gasteiger partial charge in [-0.1, -0.05) is 13.3 Å². The van der Waals surface area contributed by atoms with Gasteiger partial charge in [-0.3, -0.25) is 0 Å². The lowest BCUT2D eigenvalue weighted by molar-refractivity contribution is -0.148. The molecule has 0 radical (unpaired) electrons. The van der Waals surface area contributed by atoms with E-state index in [1.54, 1.807) is 7.11 Å².